The summed E-state index contributed by atoms with van der Waals surface area (Å²) in [7, 11) is 0. The molecule has 2 aromatic carbocycles. The molecule has 2 atom stereocenters. The van der Waals surface area contributed by atoms with Crippen LogP contribution in [-0.2, 0) is 16.1 Å². The lowest BCUT2D eigenvalue weighted by Gasteiger charge is -2.36. The quantitative estimate of drug-likeness (QED) is 0.580. The number of amides is 2. The third-order valence-electron chi connectivity index (χ3n) is 5.41. The molecule has 0 unspecified atom stereocenters. The summed E-state index contributed by atoms with van der Waals surface area (Å²) in [5, 5.41) is 0. The van der Waals surface area contributed by atoms with E-state index in [2.05, 4.69) is 0 Å². The smallest absolute Gasteiger partial charge is 0.330 e. The zero-order valence-electron chi connectivity index (χ0n) is 16.6. The number of carbonyl (C=O) groups excluding carboxylic acids is 3. The van der Waals surface area contributed by atoms with Gasteiger partial charge in [0.05, 0.1) is 11.1 Å². The van der Waals surface area contributed by atoms with E-state index in [1.165, 1.54) is 0 Å². The zero-order chi connectivity index (χ0) is 20.5. The van der Waals surface area contributed by atoms with Crippen molar-refractivity contribution in [2.24, 2.45) is 11.3 Å². The van der Waals surface area contributed by atoms with Gasteiger partial charge in [0.1, 0.15) is 12.6 Å². The maximum absolute atomic E-state index is 13.1. The molecule has 0 saturated heterocycles. The van der Waals surface area contributed by atoms with Crippen LogP contribution in [0.5, 0.6) is 0 Å². The van der Waals surface area contributed by atoms with Crippen molar-refractivity contribution in [2.45, 2.75) is 40.3 Å². The molecule has 0 spiro atoms. The van der Waals surface area contributed by atoms with Crippen LogP contribution in [0.3, 0.4) is 0 Å². The highest BCUT2D eigenvalue weighted by atomic mass is 16.5. The molecule has 0 aromatic heterocycles. The molecule has 0 bridgehead atoms. The lowest BCUT2D eigenvalue weighted by molar-refractivity contribution is -0.153. The standard InChI is InChI=1S/C23H25NO4/c1-15(23(2,3)4)19(22(27)28-14-16-10-6-5-7-11-16)24-20(25)17-12-8-9-13-18(17)21(24)26/h5-13,15,19H,14H2,1-4H3/t15-,19-/m1/s1. The maximum Gasteiger partial charge on any atom is 0.330 e. The van der Waals surface area contributed by atoms with Crippen molar-refractivity contribution >= 4 is 17.8 Å². The Morgan fingerprint density at radius 3 is 1.93 bits per heavy atom. The summed E-state index contributed by atoms with van der Waals surface area (Å²) < 4.78 is 5.53. The van der Waals surface area contributed by atoms with Gasteiger partial charge in [-0.15, -0.1) is 0 Å². The van der Waals surface area contributed by atoms with E-state index in [1.807, 2.05) is 58.0 Å². The fourth-order valence-corrected chi connectivity index (χ4v) is 3.28. The third kappa shape index (κ3) is 3.70. The molecule has 2 amide bonds. The van der Waals surface area contributed by atoms with Gasteiger partial charge in [-0.05, 0) is 29.0 Å². The SMILES string of the molecule is C[C@H]([C@H](C(=O)OCc1ccccc1)N1C(=O)c2ccccc2C1=O)C(C)(C)C. The van der Waals surface area contributed by atoms with E-state index < -0.39 is 23.8 Å². The molecule has 0 N–H and O–H groups in total. The van der Waals surface area contributed by atoms with Gasteiger partial charge < -0.3 is 4.74 Å². The summed E-state index contributed by atoms with van der Waals surface area (Å²) in [4.78, 5) is 40.1. The average Bonchev–Trinajstić information content (AvgIpc) is 2.92. The van der Waals surface area contributed by atoms with Gasteiger partial charge in [-0.25, -0.2) is 4.79 Å². The lowest BCUT2D eigenvalue weighted by Crippen LogP contribution is -2.52. The Morgan fingerprint density at radius 1 is 0.929 bits per heavy atom. The van der Waals surface area contributed by atoms with Crippen LogP contribution < -0.4 is 0 Å². The summed E-state index contributed by atoms with van der Waals surface area (Å²) in [5.74, 6) is -1.75. The van der Waals surface area contributed by atoms with Crippen LogP contribution in [0.1, 0.15) is 54.0 Å². The molecule has 0 fully saturated rings. The number of imide groups is 1. The highest BCUT2D eigenvalue weighted by Gasteiger charge is 2.48. The first-order valence-corrected chi connectivity index (χ1v) is 9.39. The van der Waals surface area contributed by atoms with Crippen LogP contribution in [-0.4, -0.2) is 28.7 Å². The van der Waals surface area contributed by atoms with Crippen LogP contribution in [0.15, 0.2) is 54.6 Å². The fraction of sp³-hybridized carbons (Fsp3) is 0.348. The Balaban J connectivity index is 1.91. The largest absolute Gasteiger partial charge is 0.459 e. The van der Waals surface area contributed by atoms with Gasteiger partial charge in [-0.2, -0.15) is 0 Å². The van der Waals surface area contributed by atoms with Crippen molar-refractivity contribution in [3.05, 3.63) is 71.3 Å². The molecule has 28 heavy (non-hydrogen) atoms. The zero-order valence-corrected chi connectivity index (χ0v) is 16.6. The van der Waals surface area contributed by atoms with Gasteiger partial charge in [0.25, 0.3) is 11.8 Å². The van der Waals surface area contributed by atoms with E-state index in [4.69, 9.17) is 4.74 Å². The number of esters is 1. The molecule has 2 aromatic rings. The van der Waals surface area contributed by atoms with Gasteiger partial charge in [-0.3, -0.25) is 14.5 Å². The Bertz CT molecular complexity index is 863. The van der Waals surface area contributed by atoms with Crippen molar-refractivity contribution in [3.63, 3.8) is 0 Å². The number of ether oxygens (including phenoxy) is 1. The van der Waals surface area contributed by atoms with Crippen molar-refractivity contribution in [2.75, 3.05) is 0 Å². The van der Waals surface area contributed by atoms with E-state index in [0.29, 0.717) is 11.1 Å². The maximum atomic E-state index is 13.1. The summed E-state index contributed by atoms with van der Waals surface area (Å²) >= 11 is 0. The molecule has 146 valence electrons. The van der Waals surface area contributed by atoms with Crippen molar-refractivity contribution in [1.82, 2.24) is 4.90 Å². The minimum atomic E-state index is -0.990. The van der Waals surface area contributed by atoms with Gasteiger partial charge in [-0.1, -0.05) is 70.2 Å². The van der Waals surface area contributed by atoms with E-state index >= 15 is 0 Å². The molecule has 3 rings (SSSR count). The lowest BCUT2D eigenvalue weighted by atomic mass is 9.77. The van der Waals surface area contributed by atoms with Gasteiger partial charge in [0, 0.05) is 0 Å². The van der Waals surface area contributed by atoms with Gasteiger partial charge >= 0.3 is 5.97 Å². The highest BCUT2D eigenvalue weighted by Crippen LogP contribution is 2.35. The summed E-state index contributed by atoms with van der Waals surface area (Å²) in [6, 6.07) is 15.0. The Kier molecular flexibility index (Phi) is 5.36. The summed E-state index contributed by atoms with van der Waals surface area (Å²) in [6.45, 7) is 7.90. The van der Waals surface area contributed by atoms with Crippen molar-refractivity contribution in [3.8, 4) is 0 Å². The predicted molar refractivity (Wildman–Crippen MR) is 106 cm³/mol. The van der Waals surface area contributed by atoms with Crippen molar-refractivity contribution in [1.29, 1.82) is 0 Å². The molecule has 0 aliphatic carbocycles. The molecular weight excluding hydrogens is 354 g/mol. The van der Waals surface area contributed by atoms with E-state index in [1.54, 1.807) is 24.3 Å². The minimum Gasteiger partial charge on any atom is -0.459 e. The predicted octanol–water partition coefficient (Wildman–Crippen LogP) is 4.08. The number of hydrogen-bond donors (Lipinski definition) is 0. The van der Waals surface area contributed by atoms with Crippen LogP contribution in [0, 0.1) is 11.3 Å². The number of benzene rings is 2. The monoisotopic (exact) mass is 379 g/mol. The second-order valence-electron chi connectivity index (χ2n) is 8.22. The van der Waals surface area contributed by atoms with Crippen LogP contribution in [0.4, 0.5) is 0 Å². The number of carbonyl (C=O) groups is 3. The Morgan fingerprint density at radius 2 is 1.43 bits per heavy atom. The van der Waals surface area contributed by atoms with Gasteiger partial charge in [0.2, 0.25) is 0 Å². The van der Waals surface area contributed by atoms with Crippen LogP contribution >= 0.6 is 0 Å². The topological polar surface area (TPSA) is 63.7 Å². The molecule has 1 aliphatic heterocycles. The number of nitrogens with zero attached hydrogens (tertiary/aromatic N) is 1. The van der Waals surface area contributed by atoms with Crippen molar-refractivity contribution < 1.29 is 19.1 Å². The van der Waals surface area contributed by atoms with Crippen LogP contribution in [0.2, 0.25) is 0 Å². The normalized spacial score (nSPS) is 15.9. The summed E-state index contributed by atoms with van der Waals surface area (Å²) in [6.07, 6.45) is 0. The molecule has 5 nitrogen and oxygen atoms in total. The molecule has 0 saturated carbocycles. The first-order chi connectivity index (χ1) is 13.2. The fourth-order valence-electron chi connectivity index (χ4n) is 3.28. The number of fused-ring (bicyclic) bond motifs is 1. The first kappa shape index (κ1) is 19.8. The number of rotatable bonds is 5. The van der Waals surface area contributed by atoms with E-state index in [-0.39, 0.29) is 17.9 Å². The van der Waals surface area contributed by atoms with Crippen LogP contribution in [0.25, 0.3) is 0 Å². The highest BCUT2D eigenvalue weighted by molar-refractivity contribution is 6.22. The number of hydrogen-bond acceptors (Lipinski definition) is 4. The third-order valence-corrected chi connectivity index (χ3v) is 5.41. The molecule has 1 heterocycles. The van der Waals surface area contributed by atoms with E-state index in [9.17, 15) is 14.4 Å². The Labute approximate surface area is 165 Å². The van der Waals surface area contributed by atoms with E-state index in [0.717, 1.165) is 10.5 Å². The molecular formula is C23H25NO4. The second kappa shape index (κ2) is 7.58. The summed E-state index contributed by atoms with van der Waals surface area (Å²) in [5.41, 5.74) is 1.19. The van der Waals surface area contributed by atoms with Gasteiger partial charge in [0.15, 0.2) is 0 Å². The molecule has 1 aliphatic rings. The minimum absolute atomic E-state index is 0.0935. The first-order valence-electron chi connectivity index (χ1n) is 9.39. The molecule has 5 heteroatoms. The Hall–Kier alpha value is -2.95. The average molecular weight is 379 g/mol. The molecule has 0 radical (unpaired) electrons. The second-order valence-corrected chi connectivity index (χ2v) is 8.22.